The lowest BCUT2D eigenvalue weighted by Gasteiger charge is -2.12. The molecule has 1 aromatic carbocycles. The van der Waals surface area contributed by atoms with E-state index in [1.54, 1.807) is 11.8 Å². The molecule has 0 saturated carbocycles. The Balaban J connectivity index is 1.73. The highest BCUT2D eigenvalue weighted by atomic mass is 32.2. The third kappa shape index (κ3) is 4.14. The van der Waals surface area contributed by atoms with E-state index in [1.165, 1.54) is 5.56 Å². The molecule has 1 heterocycles. The summed E-state index contributed by atoms with van der Waals surface area (Å²) in [4.78, 5) is 10.8. The van der Waals surface area contributed by atoms with Crippen molar-refractivity contribution >= 4 is 17.7 Å². The summed E-state index contributed by atoms with van der Waals surface area (Å²) >= 11 is 1.65. The van der Waals surface area contributed by atoms with Gasteiger partial charge in [0.15, 0.2) is 0 Å². The minimum absolute atomic E-state index is 0.176. The number of rotatable bonds is 6. The molecular formula is C14H19NO3S. The molecule has 1 fully saturated rings. The first-order chi connectivity index (χ1) is 9.19. The lowest BCUT2D eigenvalue weighted by atomic mass is 10.2. The number of thioether (sulfide) groups is 1. The van der Waals surface area contributed by atoms with Crippen LogP contribution in [0, 0.1) is 0 Å². The maximum atomic E-state index is 10.8. The zero-order valence-electron chi connectivity index (χ0n) is 11.0. The smallest absolute Gasteiger partial charge is 0.321 e. The quantitative estimate of drug-likeness (QED) is 0.836. The summed E-state index contributed by atoms with van der Waals surface area (Å²) in [5, 5.41) is 12.1. The molecule has 0 amide bonds. The minimum atomic E-state index is -0.772. The zero-order valence-corrected chi connectivity index (χ0v) is 11.8. The van der Waals surface area contributed by atoms with E-state index >= 15 is 0 Å². The van der Waals surface area contributed by atoms with Crippen LogP contribution in [0.2, 0.25) is 0 Å². The van der Waals surface area contributed by atoms with Crippen LogP contribution in [0.25, 0.3) is 0 Å². The number of carboxylic acid groups (broad SMARTS) is 1. The largest absolute Gasteiger partial charge is 0.493 e. The number of hydrogen-bond acceptors (Lipinski definition) is 4. The Labute approximate surface area is 117 Å². The number of hydrogen-bond donors (Lipinski definition) is 2. The van der Waals surface area contributed by atoms with Crippen LogP contribution < -0.4 is 10.1 Å². The summed E-state index contributed by atoms with van der Waals surface area (Å²) in [6, 6.07) is 7.66. The van der Waals surface area contributed by atoms with E-state index in [9.17, 15) is 4.79 Å². The molecule has 0 aromatic heterocycles. The van der Waals surface area contributed by atoms with Crippen molar-refractivity contribution in [3.8, 4) is 5.75 Å². The Hall–Kier alpha value is -1.20. The van der Waals surface area contributed by atoms with Gasteiger partial charge in [-0.25, -0.2) is 0 Å². The molecule has 2 atom stereocenters. The molecule has 0 bridgehead atoms. The molecule has 1 saturated heterocycles. The van der Waals surface area contributed by atoms with Gasteiger partial charge >= 0.3 is 5.97 Å². The highest BCUT2D eigenvalue weighted by molar-refractivity contribution is 8.00. The molecule has 4 nitrogen and oxygen atoms in total. The predicted octanol–water partition coefficient (Wildman–Crippen LogP) is 2.13. The summed E-state index contributed by atoms with van der Waals surface area (Å²) in [7, 11) is 0. The molecule has 104 valence electrons. The number of carbonyl (C=O) groups is 1. The molecule has 1 aliphatic rings. The van der Waals surface area contributed by atoms with Crippen LogP contribution in [-0.4, -0.2) is 34.9 Å². The van der Waals surface area contributed by atoms with Crippen LogP contribution in [0.1, 0.15) is 18.9 Å². The van der Waals surface area contributed by atoms with E-state index in [1.807, 2.05) is 12.1 Å². The van der Waals surface area contributed by atoms with E-state index in [2.05, 4.69) is 24.4 Å². The Morgan fingerprint density at radius 2 is 2.42 bits per heavy atom. The average molecular weight is 281 g/mol. The lowest BCUT2D eigenvalue weighted by Crippen LogP contribution is -2.36. The highest BCUT2D eigenvalue weighted by Gasteiger charge is 2.28. The zero-order chi connectivity index (χ0) is 13.7. The van der Waals surface area contributed by atoms with E-state index in [0.29, 0.717) is 12.4 Å². The van der Waals surface area contributed by atoms with Gasteiger partial charge in [0, 0.05) is 12.2 Å². The fraction of sp³-hybridized carbons (Fsp3) is 0.500. The van der Waals surface area contributed by atoms with Crippen molar-refractivity contribution in [1.29, 1.82) is 0 Å². The lowest BCUT2D eigenvalue weighted by molar-refractivity contribution is -0.138. The predicted molar refractivity (Wildman–Crippen MR) is 76.7 cm³/mol. The van der Waals surface area contributed by atoms with Crippen molar-refractivity contribution in [3.05, 3.63) is 29.8 Å². The van der Waals surface area contributed by atoms with Crippen LogP contribution >= 0.6 is 11.8 Å². The first-order valence-electron chi connectivity index (χ1n) is 6.51. The van der Waals surface area contributed by atoms with Crippen molar-refractivity contribution in [2.45, 2.75) is 31.2 Å². The Morgan fingerprint density at radius 1 is 1.58 bits per heavy atom. The first kappa shape index (κ1) is 14.2. The number of aryl methyl sites for hydroxylation is 1. The van der Waals surface area contributed by atoms with Crippen molar-refractivity contribution in [2.75, 3.05) is 12.4 Å². The highest BCUT2D eigenvalue weighted by Crippen LogP contribution is 2.22. The molecule has 19 heavy (non-hydrogen) atoms. The third-order valence-electron chi connectivity index (χ3n) is 3.10. The van der Waals surface area contributed by atoms with Crippen LogP contribution in [0.4, 0.5) is 0 Å². The van der Waals surface area contributed by atoms with Crippen LogP contribution in [0.3, 0.4) is 0 Å². The Kier molecular flexibility index (Phi) is 5.10. The van der Waals surface area contributed by atoms with Crippen molar-refractivity contribution < 1.29 is 14.6 Å². The second-order valence-electron chi connectivity index (χ2n) is 4.52. The molecule has 2 unspecified atom stereocenters. The maximum absolute atomic E-state index is 10.8. The van der Waals surface area contributed by atoms with Gasteiger partial charge in [0.05, 0.1) is 12.0 Å². The van der Waals surface area contributed by atoms with Gasteiger partial charge in [-0.05, 0) is 24.1 Å². The van der Waals surface area contributed by atoms with Crippen LogP contribution in [0.5, 0.6) is 5.75 Å². The Bertz CT molecular complexity index is 438. The second-order valence-corrected chi connectivity index (χ2v) is 5.75. The average Bonchev–Trinajstić information content (AvgIpc) is 2.88. The summed E-state index contributed by atoms with van der Waals surface area (Å²) in [5.74, 6) is 0.745. The maximum Gasteiger partial charge on any atom is 0.321 e. The summed E-state index contributed by atoms with van der Waals surface area (Å²) < 4.78 is 5.71. The van der Waals surface area contributed by atoms with Gasteiger partial charge in [-0.1, -0.05) is 19.1 Å². The number of aliphatic carboxylic acids is 1. The van der Waals surface area contributed by atoms with Crippen LogP contribution in [-0.2, 0) is 11.2 Å². The van der Waals surface area contributed by atoms with E-state index in [4.69, 9.17) is 9.84 Å². The van der Waals surface area contributed by atoms with Crippen LogP contribution in [0.15, 0.2) is 24.3 Å². The van der Waals surface area contributed by atoms with E-state index < -0.39 is 12.0 Å². The fourth-order valence-electron chi connectivity index (χ4n) is 1.98. The molecule has 0 aliphatic carbocycles. The Morgan fingerprint density at radius 3 is 3.11 bits per heavy atom. The van der Waals surface area contributed by atoms with E-state index in [-0.39, 0.29) is 5.37 Å². The molecule has 0 spiro atoms. The van der Waals surface area contributed by atoms with Crippen molar-refractivity contribution in [1.82, 2.24) is 5.32 Å². The third-order valence-corrected chi connectivity index (χ3v) is 4.40. The molecule has 2 rings (SSSR count). The molecule has 1 aromatic rings. The number of ether oxygens (including phenoxy) is 1. The molecule has 0 radical (unpaired) electrons. The van der Waals surface area contributed by atoms with Gasteiger partial charge in [0.25, 0.3) is 0 Å². The molecule has 2 N–H and O–H groups in total. The van der Waals surface area contributed by atoms with Gasteiger partial charge in [-0.15, -0.1) is 11.8 Å². The van der Waals surface area contributed by atoms with Gasteiger partial charge in [-0.3, -0.25) is 10.1 Å². The normalized spacial score (nSPS) is 22.4. The minimum Gasteiger partial charge on any atom is -0.493 e. The summed E-state index contributed by atoms with van der Waals surface area (Å²) in [6.45, 7) is 2.72. The van der Waals surface area contributed by atoms with Crippen molar-refractivity contribution in [3.63, 3.8) is 0 Å². The molecule has 5 heteroatoms. The molecular weight excluding hydrogens is 262 g/mol. The standard InChI is InChI=1S/C14H19NO3S/c1-2-10-4-3-5-11(8-10)18-7-6-13-15-12(9-19-13)14(16)17/h3-5,8,12-13,15H,2,6-7,9H2,1H3,(H,16,17). The number of benzene rings is 1. The molecule has 1 aliphatic heterocycles. The summed E-state index contributed by atoms with van der Waals surface area (Å²) in [5.41, 5.74) is 1.26. The van der Waals surface area contributed by atoms with Gasteiger partial charge in [0.1, 0.15) is 11.8 Å². The van der Waals surface area contributed by atoms with Gasteiger partial charge in [-0.2, -0.15) is 0 Å². The van der Waals surface area contributed by atoms with E-state index in [0.717, 1.165) is 18.6 Å². The SMILES string of the molecule is CCc1cccc(OCCC2NC(C(=O)O)CS2)c1. The van der Waals surface area contributed by atoms with Gasteiger partial charge < -0.3 is 9.84 Å². The first-order valence-corrected chi connectivity index (χ1v) is 7.56. The van der Waals surface area contributed by atoms with Crippen molar-refractivity contribution in [2.24, 2.45) is 0 Å². The number of carboxylic acids is 1. The fourth-order valence-corrected chi connectivity index (χ4v) is 3.17. The summed E-state index contributed by atoms with van der Waals surface area (Å²) in [6.07, 6.45) is 1.81. The second kappa shape index (κ2) is 6.82. The van der Waals surface area contributed by atoms with Gasteiger partial charge in [0.2, 0.25) is 0 Å². The topological polar surface area (TPSA) is 58.6 Å². The number of nitrogens with one attached hydrogen (secondary N) is 1. The monoisotopic (exact) mass is 281 g/mol.